The van der Waals surface area contributed by atoms with E-state index in [4.69, 9.17) is 5.73 Å². The number of anilines is 2. The van der Waals surface area contributed by atoms with Crippen molar-refractivity contribution in [3.8, 4) is 0 Å². The Balaban J connectivity index is 2.73. The van der Waals surface area contributed by atoms with Crippen LogP contribution in [0, 0.1) is 0 Å². The molecule has 0 radical (unpaired) electrons. The van der Waals surface area contributed by atoms with E-state index in [9.17, 15) is 0 Å². The number of rotatable bonds is 4. The number of nitrogens with zero attached hydrogens (tertiary/aromatic N) is 3. The van der Waals surface area contributed by atoms with Crippen LogP contribution in [0.1, 0.15) is 26.7 Å². The summed E-state index contributed by atoms with van der Waals surface area (Å²) in [6.45, 7) is 4.33. The molecule has 1 heterocycles. The number of aromatic nitrogens is 2. The van der Waals surface area contributed by atoms with Gasteiger partial charge in [0.25, 0.3) is 0 Å². The number of nitrogen functional groups attached to an aromatic ring is 1. The van der Waals surface area contributed by atoms with Crippen molar-refractivity contribution in [2.24, 2.45) is 0 Å². The molecule has 0 fully saturated rings. The highest BCUT2D eigenvalue weighted by Crippen LogP contribution is 2.12. The van der Waals surface area contributed by atoms with Crippen molar-refractivity contribution in [1.29, 1.82) is 0 Å². The summed E-state index contributed by atoms with van der Waals surface area (Å²) in [5, 5.41) is 0. The van der Waals surface area contributed by atoms with Gasteiger partial charge in [-0.3, -0.25) is 0 Å². The van der Waals surface area contributed by atoms with Gasteiger partial charge in [0, 0.05) is 19.3 Å². The maximum absolute atomic E-state index is 5.59. The highest BCUT2D eigenvalue weighted by atomic mass is 15.3. The maximum Gasteiger partial charge on any atom is 0.227 e. The Kier molecular flexibility index (Phi) is 3.68. The van der Waals surface area contributed by atoms with Crippen LogP contribution < -0.4 is 10.6 Å². The standard InChI is InChI=1S/C10H18N4/c1-4-5-8(2)14(3)10-12-7-6-9(11)13-10/h6-8H,4-5H2,1-3H3,(H2,11,12,13). The van der Waals surface area contributed by atoms with Gasteiger partial charge in [-0.15, -0.1) is 0 Å². The third-order valence-electron chi connectivity index (χ3n) is 2.35. The molecule has 1 aromatic heterocycles. The Morgan fingerprint density at radius 2 is 2.29 bits per heavy atom. The zero-order valence-electron chi connectivity index (χ0n) is 9.07. The van der Waals surface area contributed by atoms with Gasteiger partial charge in [-0.05, 0) is 19.4 Å². The molecule has 0 saturated carbocycles. The molecule has 0 saturated heterocycles. The smallest absolute Gasteiger partial charge is 0.227 e. The van der Waals surface area contributed by atoms with Crippen LogP contribution >= 0.6 is 0 Å². The molecule has 78 valence electrons. The first kappa shape index (κ1) is 10.8. The minimum Gasteiger partial charge on any atom is -0.384 e. The van der Waals surface area contributed by atoms with E-state index >= 15 is 0 Å². The molecular formula is C10H18N4. The van der Waals surface area contributed by atoms with Crippen LogP contribution in [0.15, 0.2) is 12.3 Å². The second-order valence-corrected chi connectivity index (χ2v) is 3.53. The summed E-state index contributed by atoms with van der Waals surface area (Å²) in [4.78, 5) is 10.4. The van der Waals surface area contributed by atoms with Gasteiger partial charge in [-0.1, -0.05) is 13.3 Å². The molecule has 2 N–H and O–H groups in total. The van der Waals surface area contributed by atoms with E-state index in [0.717, 1.165) is 12.8 Å². The number of hydrogen-bond donors (Lipinski definition) is 1. The third kappa shape index (κ3) is 2.58. The second kappa shape index (κ2) is 4.79. The minimum atomic E-state index is 0.446. The summed E-state index contributed by atoms with van der Waals surface area (Å²) in [5.41, 5.74) is 5.59. The van der Waals surface area contributed by atoms with Crippen molar-refractivity contribution in [2.45, 2.75) is 32.7 Å². The largest absolute Gasteiger partial charge is 0.384 e. The predicted molar refractivity (Wildman–Crippen MR) is 59.2 cm³/mol. The molecular weight excluding hydrogens is 176 g/mol. The Morgan fingerprint density at radius 1 is 1.57 bits per heavy atom. The van der Waals surface area contributed by atoms with Crippen LogP contribution in [-0.4, -0.2) is 23.1 Å². The van der Waals surface area contributed by atoms with Crippen molar-refractivity contribution in [1.82, 2.24) is 9.97 Å². The molecule has 0 aliphatic heterocycles. The summed E-state index contributed by atoms with van der Waals surface area (Å²) in [6, 6.07) is 2.14. The normalized spacial score (nSPS) is 12.5. The first-order valence-electron chi connectivity index (χ1n) is 4.96. The van der Waals surface area contributed by atoms with E-state index in [1.54, 1.807) is 12.3 Å². The summed E-state index contributed by atoms with van der Waals surface area (Å²) >= 11 is 0. The fourth-order valence-electron chi connectivity index (χ4n) is 1.34. The molecule has 1 unspecified atom stereocenters. The Bertz CT molecular complexity index is 287. The molecule has 4 heteroatoms. The topological polar surface area (TPSA) is 55.0 Å². The lowest BCUT2D eigenvalue weighted by molar-refractivity contribution is 0.605. The van der Waals surface area contributed by atoms with Crippen LogP contribution in [0.25, 0.3) is 0 Å². The minimum absolute atomic E-state index is 0.446. The number of nitrogens with two attached hydrogens (primary N) is 1. The Hall–Kier alpha value is -1.32. The average molecular weight is 194 g/mol. The monoisotopic (exact) mass is 194 g/mol. The van der Waals surface area contributed by atoms with E-state index in [-0.39, 0.29) is 0 Å². The molecule has 1 atom stereocenters. The van der Waals surface area contributed by atoms with E-state index < -0.39 is 0 Å². The van der Waals surface area contributed by atoms with E-state index in [1.165, 1.54) is 0 Å². The van der Waals surface area contributed by atoms with Gasteiger partial charge >= 0.3 is 0 Å². The lowest BCUT2D eigenvalue weighted by Crippen LogP contribution is -2.30. The van der Waals surface area contributed by atoms with E-state index in [2.05, 4.69) is 28.7 Å². The van der Waals surface area contributed by atoms with Crippen LogP contribution in [0.2, 0.25) is 0 Å². The zero-order chi connectivity index (χ0) is 10.6. The molecule has 1 aromatic rings. The quantitative estimate of drug-likeness (QED) is 0.792. The third-order valence-corrected chi connectivity index (χ3v) is 2.35. The van der Waals surface area contributed by atoms with Crippen LogP contribution in [0.5, 0.6) is 0 Å². The number of hydrogen-bond acceptors (Lipinski definition) is 4. The van der Waals surface area contributed by atoms with E-state index in [1.807, 2.05) is 7.05 Å². The maximum atomic E-state index is 5.59. The zero-order valence-corrected chi connectivity index (χ0v) is 9.07. The van der Waals surface area contributed by atoms with Crippen LogP contribution in [0.3, 0.4) is 0 Å². The van der Waals surface area contributed by atoms with Crippen LogP contribution in [0.4, 0.5) is 11.8 Å². The van der Waals surface area contributed by atoms with Gasteiger partial charge in [-0.25, -0.2) is 4.98 Å². The van der Waals surface area contributed by atoms with Crippen molar-refractivity contribution in [3.05, 3.63) is 12.3 Å². The first-order chi connectivity index (χ1) is 6.65. The fourth-order valence-corrected chi connectivity index (χ4v) is 1.34. The van der Waals surface area contributed by atoms with Crippen molar-refractivity contribution >= 4 is 11.8 Å². The van der Waals surface area contributed by atoms with Gasteiger partial charge in [0.05, 0.1) is 0 Å². The Morgan fingerprint density at radius 3 is 2.86 bits per heavy atom. The first-order valence-corrected chi connectivity index (χ1v) is 4.96. The van der Waals surface area contributed by atoms with Gasteiger partial charge < -0.3 is 10.6 Å². The molecule has 0 aromatic carbocycles. The molecule has 0 aliphatic carbocycles. The van der Waals surface area contributed by atoms with Gasteiger partial charge in [0.1, 0.15) is 5.82 Å². The van der Waals surface area contributed by atoms with Crippen LogP contribution in [-0.2, 0) is 0 Å². The highest BCUT2D eigenvalue weighted by Gasteiger charge is 2.11. The molecule has 4 nitrogen and oxygen atoms in total. The summed E-state index contributed by atoms with van der Waals surface area (Å²) in [6.07, 6.45) is 3.98. The molecule has 0 amide bonds. The summed E-state index contributed by atoms with van der Waals surface area (Å²) in [7, 11) is 2.00. The van der Waals surface area contributed by atoms with Gasteiger partial charge in [0.2, 0.25) is 5.95 Å². The highest BCUT2D eigenvalue weighted by molar-refractivity contribution is 5.37. The van der Waals surface area contributed by atoms with E-state index in [0.29, 0.717) is 17.8 Å². The second-order valence-electron chi connectivity index (χ2n) is 3.53. The fraction of sp³-hybridized carbons (Fsp3) is 0.600. The summed E-state index contributed by atoms with van der Waals surface area (Å²) < 4.78 is 0. The van der Waals surface area contributed by atoms with Crippen molar-refractivity contribution < 1.29 is 0 Å². The van der Waals surface area contributed by atoms with Gasteiger partial charge in [0.15, 0.2) is 0 Å². The lowest BCUT2D eigenvalue weighted by atomic mass is 10.2. The lowest BCUT2D eigenvalue weighted by Gasteiger charge is -2.24. The molecule has 0 spiro atoms. The molecule has 14 heavy (non-hydrogen) atoms. The van der Waals surface area contributed by atoms with Gasteiger partial charge in [-0.2, -0.15) is 4.98 Å². The average Bonchev–Trinajstić information content (AvgIpc) is 2.17. The van der Waals surface area contributed by atoms with Crippen molar-refractivity contribution in [3.63, 3.8) is 0 Å². The molecule has 0 aliphatic rings. The van der Waals surface area contributed by atoms with Crippen molar-refractivity contribution in [2.75, 3.05) is 17.7 Å². The Labute approximate surface area is 85.2 Å². The molecule has 0 bridgehead atoms. The SMILES string of the molecule is CCCC(C)N(C)c1nccc(N)n1. The molecule has 1 rings (SSSR count). The summed E-state index contributed by atoms with van der Waals surface area (Å²) in [5.74, 6) is 1.22. The predicted octanol–water partition coefficient (Wildman–Crippen LogP) is 1.68.